The summed E-state index contributed by atoms with van der Waals surface area (Å²) in [4.78, 5) is 19.2. The molecule has 0 aliphatic carbocycles. The van der Waals surface area contributed by atoms with Gasteiger partial charge in [-0.3, -0.25) is 9.36 Å². The molecule has 1 N–H and O–H groups in total. The molecule has 1 aromatic carbocycles. The van der Waals surface area contributed by atoms with Gasteiger partial charge in [0.2, 0.25) is 0 Å². The van der Waals surface area contributed by atoms with Gasteiger partial charge in [-0.25, -0.2) is 4.98 Å². The average molecular weight is 405 g/mol. The van der Waals surface area contributed by atoms with E-state index in [0.717, 1.165) is 24.3 Å². The quantitative estimate of drug-likeness (QED) is 0.681. The van der Waals surface area contributed by atoms with Crippen LogP contribution in [0.15, 0.2) is 71.8 Å². The van der Waals surface area contributed by atoms with E-state index in [1.54, 1.807) is 23.0 Å². The van der Waals surface area contributed by atoms with E-state index in [2.05, 4.69) is 9.88 Å². The number of aromatic nitrogens is 2. The van der Waals surface area contributed by atoms with Gasteiger partial charge in [0, 0.05) is 25.4 Å². The molecule has 156 valence electrons. The predicted octanol–water partition coefficient (Wildman–Crippen LogP) is 3.41. The normalized spacial score (nSPS) is 18.7. The van der Waals surface area contributed by atoms with E-state index >= 15 is 0 Å². The molecule has 1 unspecified atom stereocenters. The molecule has 0 spiro atoms. The second-order valence-corrected chi connectivity index (χ2v) is 8.15. The van der Waals surface area contributed by atoms with Crippen molar-refractivity contribution >= 4 is 5.82 Å². The van der Waals surface area contributed by atoms with Gasteiger partial charge in [-0.15, -0.1) is 0 Å². The maximum Gasteiger partial charge on any atom is 0.258 e. The van der Waals surface area contributed by atoms with E-state index < -0.39 is 5.60 Å². The van der Waals surface area contributed by atoms with Gasteiger partial charge in [0.1, 0.15) is 18.2 Å². The van der Waals surface area contributed by atoms with Gasteiger partial charge >= 0.3 is 0 Å². The topological polar surface area (TPSA) is 67.6 Å². The second-order valence-electron chi connectivity index (χ2n) is 8.15. The highest BCUT2D eigenvalue weighted by Gasteiger charge is 2.39. The first-order valence-electron chi connectivity index (χ1n) is 10.3. The van der Waals surface area contributed by atoms with Gasteiger partial charge in [0.15, 0.2) is 0 Å². The Kier molecular flexibility index (Phi) is 5.59. The summed E-state index contributed by atoms with van der Waals surface area (Å²) in [6.07, 6.45) is 4.12. The SMILES string of the molecule is CC(C)C1(O)CCN(c2ccc(-n3ccc(OCc4ccccc4)cc3=O)cn2)C1. The Hall–Kier alpha value is -3.12. The van der Waals surface area contributed by atoms with E-state index in [4.69, 9.17) is 4.74 Å². The lowest BCUT2D eigenvalue weighted by molar-refractivity contribution is 0.0167. The fourth-order valence-electron chi connectivity index (χ4n) is 3.70. The smallest absolute Gasteiger partial charge is 0.258 e. The standard InChI is InChI=1S/C24H27N3O3/c1-18(2)24(29)11-13-26(17-24)22-9-8-20(15-25-22)27-12-10-21(14-23(27)28)30-16-19-6-4-3-5-7-19/h3-10,12,14-15,18,29H,11,13,16-17H2,1-2H3. The molecule has 1 atom stereocenters. The first-order valence-corrected chi connectivity index (χ1v) is 10.3. The lowest BCUT2D eigenvalue weighted by atomic mass is 9.90. The Morgan fingerprint density at radius 2 is 1.97 bits per heavy atom. The number of aliphatic hydroxyl groups is 1. The van der Waals surface area contributed by atoms with Gasteiger partial charge in [0.25, 0.3) is 5.56 Å². The summed E-state index contributed by atoms with van der Waals surface area (Å²) in [6, 6.07) is 16.9. The van der Waals surface area contributed by atoms with Crippen LogP contribution in [0.2, 0.25) is 0 Å². The van der Waals surface area contributed by atoms with Gasteiger partial charge in [-0.2, -0.15) is 0 Å². The Morgan fingerprint density at radius 3 is 2.60 bits per heavy atom. The van der Waals surface area contributed by atoms with Crippen molar-refractivity contribution in [3.05, 3.63) is 82.9 Å². The van der Waals surface area contributed by atoms with Crippen LogP contribution >= 0.6 is 0 Å². The van der Waals surface area contributed by atoms with Crippen LogP contribution in [0.25, 0.3) is 5.69 Å². The van der Waals surface area contributed by atoms with E-state index in [1.165, 1.54) is 6.07 Å². The van der Waals surface area contributed by atoms with Crippen molar-refractivity contribution in [2.75, 3.05) is 18.0 Å². The van der Waals surface area contributed by atoms with Crippen molar-refractivity contribution in [3.63, 3.8) is 0 Å². The zero-order valence-electron chi connectivity index (χ0n) is 17.4. The monoisotopic (exact) mass is 405 g/mol. The van der Waals surface area contributed by atoms with Crippen LogP contribution in [0.1, 0.15) is 25.8 Å². The lowest BCUT2D eigenvalue weighted by Gasteiger charge is -2.27. The molecule has 30 heavy (non-hydrogen) atoms. The number of ether oxygens (including phenoxy) is 1. The number of hydrogen-bond donors (Lipinski definition) is 1. The highest BCUT2D eigenvalue weighted by atomic mass is 16.5. The molecule has 6 nitrogen and oxygen atoms in total. The molecule has 0 saturated carbocycles. The van der Waals surface area contributed by atoms with Crippen LogP contribution in [-0.2, 0) is 6.61 Å². The number of anilines is 1. The van der Waals surface area contributed by atoms with Gasteiger partial charge in [-0.1, -0.05) is 44.2 Å². The molecular formula is C24H27N3O3. The molecule has 2 aromatic heterocycles. The van der Waals surface area contributed by atoms with E-state index in [0.29, 0.717) is 24.6 Å². The van der Waals surface area contributed by atoms with Crippen molar-refractivity contribution in [1.29, 1.82) is 0 Å². The van der Waals surface area contributed by atoms with Crippen molar-refractivity contribution in [2.24, 2.45) is 5.92 Å². The number of benzene rings is 1. The van der Waals surface area contributed by atoms with E-state index in [9.17, 15) is 9.90 Å². The molecule has 1 aliphatic heterocycles. The van der Waals surface area contributed by atoms with Gasteiger partial charge in [-0.05, 0) is 36.1 Å². The van der Waals surface area contributed by atoms with E-state index in [1.807, 2.05) is 56.3 Å². The Balaban J connectivity index is 1.45. The zero-order chi connectivity index (χ0) is 21.1. The summed E-state index contributed by atoms with van der Waals surface area (Å²) in [5.74, 6) is 1.55. The molecule has 0 bridgehead atoms. The molecule has 0 amide bonds. The van der Waals surface area contributed by atoms with Crippen molar-refractivity contribution in [2.45, 2.75) is 32.5 Å². The largest absolute Gasteiger partial charge is 0.489 e. The van der Waals surface area contributed by atoms with Crippen molar-refractivity contribution in [1.82, 2.24) is 9.55 Å². The van der Waals surface area contributed by atoms with Crippen LogP contribution in [0.5, 0.6) is 5.75 Å². The minimum Gasteiger partial charge on any atom is -0.489 e. The second kappa shape index (κ2) is 8.32. The third-order valence-electron chi connectivity index (χ3n) is 5.83. The number of rotatable bonds is 6. The van der Waals surface area contributed by atoms with Gasteiger partial charge in [0.05, 0.1) is 17.5 Å². The highest BCUT2D eigenvalue weighted by molar-refractivity contribution is 5.45. The molecule has 4 rings (SSSR count). The minimum atomic E-state index is -0.674. The number of nitrogens with zero attached hydrogens (tertiary/aromatic N) is 3. The Labute approximate surface area is 176 Å². The van der Waals surface area contributed by atoms with Crippen LogP contribution in [0.3, 0.4) is 0 Å². The summed E-state index contributed by atoms with van der Waals surface area (Å²) in [5.41, 5.74) is 0.891. The minimum absolute atomic E-state index is 0.175. The first kappa shape index (κ1) is 20.2. The summed E-state index contributed by atoms with van der Waals surface area (Å²) in [5, 5.41) is 10.7. The molecule has 1 saturated heterocycles. The van der Waals surface area contributed by atoms with Crippen LogP contribution in [-0.4, -0.2) is 33.3 Å². The first-order chi connectivity index (χ1) is 14.4. The maximum atomic E-state index is 12.6. The van der Waals surface area contributed by atoms with Crippen LogP contribution < -0.4 is 15.2 Å². The summed E-state index contributed by atoms with van der Waals surface area (Å²) in [6.45, 7) is 5.84. The fraction of sp³-hybridized carbons (Fsp3) is 0.333. The zero-order valence-corrected chi connectivity index (χ0v) is 17.4. The third-order valence-corrected chi connectivity index (χ3v) is 5.83. The van der Waals surface area contributed by atoms with Gasteiger partial charge < -0.3 is 14.7 Å². The Morgan fingerprint density at radius 1 is 1.17 bits per heavy atom. The lowest BCUT2D eigenvalue weighted by Crippen LogP contribution is -2.38. The van der Waals surface area contributed by atoms with Crippen molar-refractivity contribution in [3.8, 4) is 11.4 Å². The number of hydrogen-bond acceptors (Lipinski definition) is 5. The maximum absolute atomic E-state index is 12.6. The average Bonchev–Trinajstić information content (AvgIpc) is 3.17. The summed E-state index contributed by atoms with van der Waals surface area (Å²) >= 11 is 0. The molecule has 1 aliphatic rings. The third kappa shape index (κ3) is 4.24. The molecule has 3 aromatic rings. The molecule has 3 heterocycles. The fourth-order valence-corrected chi connectivity index (χ4v) is 3.70. The number of β-amino-alcohol motifs (C(OH)–C–C–N with tert-alkyl or cyclic N) is 1. The number of pyridine rings is 2. The summed E-state index contributed by atoms with van der Waals surface area (Å²) < 4.78 is 7.27. The summed E-state index contributed by atoms with van der Waals surface area (Å²) in [7, 11) is 0. The highest BCUT2D eigenvalue weighted by Crippen LogP contribution is 2.31. The molecule has 1 fully saturated rings. The van der Waals surface area contributed by atoms with Crippen LogP contribution in [0.4, 0.5) is 5.82 Å². The molecular weight excluding hydrogens is 378 g/mol. The van der Waals surface area contributed by atoms with E-state index in [-0.39, 0.29) is 11.5 Å². The van der Waals surface area contributed by atoms with Crippen molar-refractivity contribution < 1.29 is 9.84 Å². The molecule has 6 heteroatoms. The molecule has 0 radical (unpaired) electrons. The van der Waals surface area contributed by atoms with Crippen LogP contribution in [0, 0.1) is 5.92 Å². The Bertz CT molecular complexity index is 1050. The predicted molar refractivity (Wildman–Crippen MR) is 117 cm³/mol.